The summed E-state index contributed by atoms with van der Waals surface area (Å²) in [7, 11) is 0. The van der Waals surface area contributed by atoms with Gasteiger partial charge in [-0.25, -0.2) is 9.97 Å². The molecule has 0 saturated heterocycles. The molecule has 0 atom stereocenters. The second kappa shape index (κ2) is 7.32. The van der Waals surface area contributed by atoms with Crippen LogP contribution in [-0.4, -0.2) is 36.6 Å². The van der Waals surface area contributed by atoms with Crippen molar-refractivity contribution in [3.8, 4) is 5.13 Å². The standard InChI is InChI=1S/C19H20N6OS/c1-13(21-8-5-10-24-11-9-20-12-24)17-14(2)23-25(18(17)26)19-22-15-6-3-4-7-16(15)27-19/h3-4,6-7,9,11-12,23H,5,8,10H2,1-2H3. The Hall–Kier alpha value is -3.00. The summed E-state index contributed by atoms with van der Waals surface area (Å²) >= 11 is 1.49. The number of aryl methyl sites for hydroxylation is 2. The number of hydrogen-bond acceptors (Lipinski definition) is 5. The van der Waals surface area contributed by atoms with Gasteiger partial charge in [-0.1, -0.05) is 23.5 Å². The fraction of sp³-hybridized carbons (Fsp3) is 0.263. The minimum absolute atomic E-state index is 0.109. The number of thiazole rings is 1. The SMILES string of the molecule is CC(=NCCCn1ccnc1)c1c(C)[nH]n(-c2nc3ccccc3s2)c1=O. The molecule has 0 saturated carbocycles. The number of benzene rings is 1. The van der Waals surface area contributed by atoms with Gasteiger partial charge in [0.15, 0.2) is 0 Å². The number of fused-ring (bicyclic) bond motifs is 1. The first-order valence-corrected chi connectivity index (χ1v) is 9.60. The van der Waals surface area contributed by atoms with Gasteiger partial charge in [-0.05, 0) is 32.4 Å². The highest BCUT2D eigenvalue weighted by atomic mass is 32.1. The summed E-state index contributed by atoms with van der Waals surface area (Å²) in [6.07, 6.45) is 6.39. The van der Waals surface area contributed by atoms with Crippen LogP contribution in [0.2, 0.25) is 0 Å². The number of aromatic nitrogens is 5. The number of rotatable bonds is 6. The first-order chi connectivity index (χ1) is 13.1. The lowest BCUT2D eigenvalue weighted by molar-refractivity contribution is 0.651. The van der Waals surface area contributed by atoms with Gasteiger partial charge < -0.3 is 4.57 Å². The first kappa shape index (κ1) is 17.4. The third kappa shape index (κ3) is 3.48. The number of aromatic amines is 1. The summed E-state index contributed by atoms with van der Waals surface area (Å²) in [5.74, 6) is 0. The third-order valence-electron chi connectivity index (χ3n) is 4.39. The maximum absolute atomic E-state index is 12.9. The van der Waals surface area contributed by atoms with Gasteiger partial charge in [0.25, 0.3) is 5.56 Å². The number of nitrogens with one attached hydrogen (secondary N) is 1. The summed E-state index contributed by atoms with van der Waals surface area (Å²) in [4.78, 5) is 26.1. The minimum Gasteiger partial charge on any atom is -0.337 e. The van der Waals surface area contributed by atoms with Crippen molar-refractivity contribution in [2.24, 2.45) is 4.99 Å². The van der Waals surface area contributed by atoms with Crippen LogP contribution in [0.25, 0.3) is 15.3 Å². The molecule has 3 heterocycles. The zero-order chi connectivity index (χ0) is 18.8. The molecule has 0 radical (unpaired) electrons. The van der Waals surface area contributed by atoms with Gasteiger partial charge in [-0.2, -0.15) is 4.68 Å². The van der Waals surface area contributed by atoms with Crippen molar-refractivity contribution in [2.75, 3.05) is 6.54 Å². The molecular weight excluding hydrogens is 360 g/mol. The van der Waals surface area contributed by atoms with Gasteiger partial charge in [0.05, 0.1) is 22.1 Å². The van der Waals surface area contributed by atoms with Crippen LogP contribution in [0.3, 0.4) is 0 Å². The second-order valence-corrected chi connectivity index (χ2v) is 7.35. The Morgan fingerprint density at radius 2 is 2.19 bits per heavy atom. The van der Waals surface area contributed by atoms with Crippen LogP contribution < -0.4 is 5.56 Å². The van der Waals surface area contributed by atoms with Gasteiger partial charge in [-0.3, -0.25) is 14.9 Å². The molecule has 8 heteroatoms. The topological polar surface area (TPSA) is 80.9 Å². The van der Waals surface area contributed by atoms with Crippen molar-refractivity contribution in [1.29, 1.82) is 0 Å². The predicted molar refractivity (Wildman–Crippen MR) is 108 cm³/mol. The van der Waals surface area contributed by atoms with Gasteiger partial charge in [0.2, 0.25) is 5.13 Å². The van der Waals surface area contributed by atoms with Crippen LogP contribution in [0.4, 0.5) is 0 Å². The molecule has 0 aliphatic rings. The molecule has 0 bridgehead atoms. The fourth-order valence-electron chi connectivity index (χ4n) is 3.06. The Morgan fingerprint density at radius 3 is 2.96 bits per heavy atom. The molecule has 1 aromatic carbocycles. The normalized spacial score (nSPS) is 12.1. The van der Waals surface area contributed by atoms with E-state index in [-0.39, 0.29) is 5.56 Å². The molecule has 4 rings (SSSR count). The lowest BCUT2D eigenvalue weighted by atomic mass is 10.2. The van der Waals surface area contributed by atoms with Crippen molar-refractivity contribution in [2.45, 2.75) is 26.8 Å². The number of hydrogen-bond donors (Lipinski definition) is 1. The van der Waals surface area contributed by atoms with Crippen LogP contribution in [0.1, 0.15) is 24.6 Å². The van der Waals surface area contributed by atoms with Crippen LogP contribution >= 0.6 is 11.3 Å². The Kier molecular flexibility index (Phi) is 4.72. The number of H-pyrrole nitrogens is 1. The average molecular weight is 380 g/mol. The van der Waals surface area contributed by atoms with Gasteiger partial charge in [0.1, 0.15) is 0 Å². The smallest absolute Gasteiger partial charge is 0.282 e. The highest BCUT2D eigenvalue weighted by Gasteiger charge is 2.17. The summed E-state index contributed by atoms with van der Waals surface area (Å²) in [6.45, 7) is 5.30. The molecule has 0 fully saturated rings. The van der Waals surface area contributed by atoms with Crippen LogP contribution in [0.15, 0.2) is 52.8 Å². The number of nitrogens with zero attached hydrogens (tertiary/aromatic N) is 5. The Morgan fingerprint density at radius 1 is 1.33 bits per heavy atom. The highest BCUT2D eigenvalue weighted by molar-refractivity contribution is 7.20. The Labute approximate surface area is 160 Å². The molecule has 0 amide bonds. The summed E-state index contributed by atoms with van der Waals surface area (Å²) < 4.78 is 4.59. The average Bonchev–Trinajstić information content (AvgIpc) is 3.37. The molecule has 138 valence electrons. The van der Waals surface area contributed by atoms with Crippen molar-refractivity contribution in [3.05, 3.63) is 64.6 Å². The molecule has 4 aromatic rings. The van der Waals surface area contributed by atoms with Gasteiger partial charge in [-0.15, -0.1) is 0 Å². The molecule has 0 spiro atoms. The monoisotopic (exact) mass is 380 g/mol. The maximum atomic E-state index is 12.9. The van der Waals surface area contributed by atoms with E-state index in [0.29, 0.717) is 17.2 Å². The molecule has 0 aliphatic carbocycles. The molecule has 0 unspecified atom stereocenters. The second-order valence-electron chi connectivity index (χ2n) is 6.34. The quantitative estimate of drug-likeness (QED) is 0.412. The largest absolute Gasteiger partial charge is 0.337 e. The Balaban J connectivity index is 1.56. The number of aliphatic imine (C=N–C) groups is 1. The fourth-order valence-corrected chi connectivity index (χ4v) is 3.99. The molecule has 3 aromatic heterocycles. The number of imidazole rings is 1. The van der Waals surface area contributed by atoms with Crippen molar-refractivity contribution < 1.29 is 0 Å². The Bertz CT molecular complexity index is 1120. The van der Waals surface area contributed by atoms with Crippen LogP contribution in [0.5, 0.6) is 0 Å². The van der Waals surface area contributed by atoms with Crippen molar-refractivity contribution >= 4 is 27.3 Å². The summed E-state index contributed by atoms with van der Waals surface area (Å²) in [5, 5.41) is 3.78. The molecular formula is C19H20N6OS. The lowest BCUT2D eigenvalue weighted by Crippen LogP contribution is -2.19. The molecule has 1 N–H and O–H groups in total. The molecule has 7 nitrogen and oxygen atoms in total. The maximum Gasteiger partial charge on any atom is 0.282 e. The van der Waals surface area contributed by atoms with Crippen LogP contribution in [-0.2, 0) is 6.54 Å². The minimum atomic E-state index is -0.109. The van der Waals surface area contributed by atoms with Crippen LogP contribution in [0, 0.1) is 6.92 Å². The van der Waals surface area contributed by atoms with E-state index in [1.54, 1.807) is 12.5 Å². The van der Waals surface area contributed by atoms with Gasteiger partial charge >= 0.3 is 0 Å². The van der Waals surface area contributed by atoms with E-state index in [1.807, 2.05) is 48.9 Å². The summed E-state index contributed by atoms with van der Waals surface area (Å²) in [5.41, 5.74) is 2.96. The van der Waals surface area contributed by atoms with E-state index in [0.717, 1.165) is 34.6 Å². The van der Waals surface area contributed by atoms with E-state index in [9.17, 15) is 4.79 Å². The third-order valence-corrected chi connectivity index (χ3v) is 5.41. The van der Waals surface area contributed by atoms with E-state index in [1.165, 1.54) is 16.0 Å². The summed E-state index contributed by atoms with van der Waals surface area (Å²) in [6, 6.07) is 7.87. The molecule has 27 heavy (non-hydrogen) atoms. The lowest BCUT2D eigenvalue weighted by Gasteiger charge is -2.01. The zero-order valence-electron chi connectivity index (χ0n) is 15.2. The van der Waals surface area contributed by atoms with E-state index < -0.39 is 0 Å². The van der Waals surface area contributed by atoms with Crippen molar-refractivity contribution in [3.63, 3.8) is 0 Å². The zero-order valence-corrected chi connectivity index (χ0v) is 16.0. The van der Waals surface area contributed by atoms with E-state index >= 15 is 0 Å². The van der Waals surface area contributed by atoms with E-state index in [4.69, 9.17) is 0 Å². The van der Waals surface area contributed by atoms with Gasteiger partial charge in [0, 0.05) is 36.9 Å². The molecule has 0 aliphatic heterocycles. The number of para-hydroxylation sites is 1. The van der Waals surface area contributed by atoms with Crippen molar-refractivity contribution in [1.82, 2.24) is 24.3 Å². The highest BCUT2D eigenvalue weighted by Crippen LogP contribution is 2.23. The first-order valence-electron chi connectivity index (χ1n) is 8.78. The van der Waals surface area contributed by atoms with E-state index in [2.05, 4.69) is 20.1 Å². The predicted octanol–water partition coefficient (Wildman–Crippen LogP) is 3.18.